The number of sulfone groups is 1. The summed E-state index contributed by atoms with van der Waals surface area (Å²) >= 11 is 0.572. The van der Waals surface area contributed by atoms with Crippen LogP contribution in [0.3, 0.4) is 0 Å². The van der Waals surface area contributed by atoms with Gasteiger partial charge in [-0.05, 0) is 44.0 Å². The maximum absolute atomic E-state index is 13.0. The van der Waals surface area contributed by atoms with E-state index in [9.17, 15) is 21.6 Å². The molecule has 1 unspecified atom stereocenters. The smallest absolute Gasteiger partial charge is 0.410 e. The molecule has 1 aliphatic rings. The molecule has 2 atom stereocenters. The van der Waals surface area contributed by atoms with Gasteiger partial charge in [0, 0.05) is 12.1 Å². The fourth-order valence-corrected chi connectivity index (χ4v) is 7.87. The second-order valence-electron chi connectivity index (χ2n) is 7.29. The van der Waals surface area contributed by atoms with Crippen LogP contribution in [0, 0.1) is 0 Å². The summed E-state index contributed by atoms with van der Waals surface area (Å²) in [6.07, 6.45) is -0.720. The molecule has 33 heavy (non-hydrogen) atoms. The van der Waals surface area contributed by atoms with E-state index in [0.29, 0.717) is 16.9 Å². The molecule has 0 bridgehead atoms. The van der Waals surface area contributed by atoms with Crippen LogP contribution in [0.5, 0.6) is 5.75 Å². The third kappa shape index (κ3) is 5.52. The fraction of sp³-hybridized carbons (Fsp3) is 0.389. The Bertz CT molecular complexity index is 1240. The van der Waals surface area contributed by atoms with Crippen LogP contribution in [0.1, 0.15) is 37.4 Å². The lowest BCUT2D eigenvalue weighted by Gasteiger charge is -2.35. The van der Waals surface area contributed by atoms with Gasteiger partial charge in [-0.2, -0.15) is 0 Å². The Morgan fingerprint density at radius 1 is 1.30 bits per heavy atom. The van der Waals surface area contributed by atoms with Gasteiger partial charge in [0.25, 0.3) is 0 Å². The second-order valence-corrected chi connectivity index (χ2v) is 12.7. The van der Waals surface area contributed by atoms with E-state index in [-0.39, 0.29) is 39.3 Å². The average molecular weight is 522 g/mol. The van der Waals surface area contributed by atoms with Crippen molar-refractivity contribution in [3.8, 4) is 5.75 Å². The van der Waals surface area contributed by atoms with Crippen molar-refractivity contribution in [1.29, 1.82) is 0 Å². The van der Waals surface area contributed by atoms with Gasteiger partial charge >= 0.3 is 6.09 Å². The summed E-state index contributed by atoms with van der Waals surface area (Å²) in [6, 6.07) is 6.60. The van der Waals surface area contributed by atoms with Crippen LogP contribution in [0.25, 0.3) is 0 Å². The molecule has 182 valence electrons. The van der Waals surface area contributed by atoms with Crippen molar-refractivity contribution >= 4 is 37.3 Å². The zero-order chi connectivity index (χ0) is 24.6. The molecular formula is C18H23N3O9S3. The zero-order valence-corrected chi connectivity index (χ0v) is 20.1. The molecule has 15 heteroatoms. The van der Waals surface area contributed by atoms with Gasteiger partial charge in [-0.15, -0.1) is 11.3 Å². The van der Waals surface area contributed by atoms with E-state index in [4.69, 9.17) is 20.3 Å². The predicted octanol–water partition coefficient (Wildman–Crippen LogP) is 2.04. The third-order valence-electron chi connectivity index (χ3n) is 5.09. The first kappa shape index (κ1) is 25.5. The number of benzene rings is 1. The number of hydrogen-bond donors (Lipinski definition) is 3. The molecule has 0 radical (unpaired) electrons. The number of primary sulfonamides is 1. The summed E-state index contributed by atoms with van der Waals surface area (Å²) in [5, 5.41) is 21.2. The van der Waals surface area contributed by atoms with Gasteiger partial charge < -0.3 is 9.64 Å². The van der Waals surface area contributed by atoms with Crippen molar-refractivity contribution in [2.75, 3.05) is 6.54 Å². The van der Waals surface area contributed by atoms with Gasteiger partial charge in [0.05, 0.1) is 23.3 Å². The minimum atomic E-state index is -4.14. The largest absolute Gasteiger partial charge is 0.415 e. The number of sulfonamides is 1. The highest BCUT2D eigenvalue weighted by atomic mass is 32.3. The van der Waals surface area contributed by atoms with E-state index in [1.807, 2.05) is 0 Å². The van der Waals surface area contributed by atoms with E-state index in [1.165, 1.54) is 30.0 Å². The molecule has 2 heterocycles. The summed E-state index contributed by atoms with van der Waals surface area (Å²) in [5.41, 5.74) is 0.667. The molecule has 12 nitrogen and oxygen atoms in total. The number of fused-ring (bicyclic) bond motifs is 1. The molecule has 0 aliphatic carbocycles. The number of carbonyl (C=O) groups excluding carboxylic acids is 1. The van der Waals surface area contributed by atoms with Crippen molar-refractivity contribution < 1.29 is 41.6 Å². The van der Waals surface area contributed by atoms with Crippen LogP contribution < -0.4 is 9.88 Å². The maximum atomic E-state index is 13.0. The Kier molecular flexibility index (Phi) is 7.45. The van der Waals surface area contributed by atoms with Gasteiger partial charge in [-0.25, -0.2) is 31.6 Å². The van der Waals surface area contributed by atoms with E-state index < -0.39 is 42.6 Å². The molecule has 4 N–H and O–H groups in total. The summed E-state index contributed by atoms with van der Waals surface area (Å²) < 4.78 is 54.3. The van der Waals surface area contributed by atoms with Gasteiger partial charge in [0.2, 0.25) is 10.0 Å². The minimum absolute atomic E-state index is 0.0514. The molecule has 0 saturated carbocycles. The Morgan fingerprint density at radius 2 is 2.00 bits per heavy atom. The SMILES string of the molecule is CCN(C(=O)Oc1cccc(CON(O)O)c1)[C@H]1CC(C)S(=O)(=O)c2sc(S(N)(=O)=O)cc21. The number of ether oxygens (including phenoxy) is 1. The lowest BCUT2D eigenvalue weighted by atomic mass is 10.0. The quantitative estimate of drug-likeness (QED) is 0.457. The van der Waals surface area contributed by atoms with Gasteiger partial charge in [-0.1, -0.05) is 12.1 Å². The number of nitrogens with two attached hydrogens (primary N) is 1. The first-order valence-corrected chi connectivity index (χ1v) is 13.5. The molecule has 0 fully saturated rings. The molecule has 3 rings (SSSR count). The Hall–Kier alpha value is -2.11. The monoisotopic (exact) mass is 521 g/mol. The lowest BCUT2D eigenvalue weighted by Crippen LogP contribution is -2.41. The standard InChI is InChI=1S/C18H23N3O9S3/c1-3-20(18(22)30-13-6-4-5-12(8-13)10-29-21(23)24)15-7-11(2)32(25,26)17-14(15)9-16(31-17)33(19,27)28/h4-6,8-9,11,15,23-24H,3,7,10H2,1-2H3,(H2,19,27,28)/t11?,15-/m0/s1. The van der Waals surface area contributed by atoms with Crippen LogP contribution >= 0.6 is 11.3 Å². The molecule has 0 spiro atoms. The predicted molar refractivity (Wildman–Crippen MR) is 115 cm³/mol. The van der Waals surface area contributed by atoms with Crippen molar-refractivity contribution in [2.45, 2.75) is 46.6 Å². The zero-order valence-electron chi connectivity index (χ0n) is 17.6. The number of nitrogens with zero attached hydrogens (tertiary/aromatic N) is 2. The summed E-state index contributed by atoms with van der Waals surface area (Å²) in [5.74, 6) is 0.147. The van der Waals surface area contributed by atoms with E-state index in [0.717, 1.165) is 0 Å². The molecule has 1 amide bonds. The van der Waals surface area contributed by atoms with Gasteiger partial charge in [0.1, 0.15) is 14.2 Å². The molecular weight excluding hydrogens is 498 g/mol. The average Bonchev–Trinajstić information content (AvgIpc) is 3.18. The van der Waals surface area contributed by atoms with E-state index in [1.54, 1.807) is 19.1 Å². The first-order valence-electron chi connectivity index (χ1n) is 9.63. The normalized spacial score (nSPS) is 19.8. The lowest BCUT2D eigenvalue weighted by molar-refractivity contribution is -0.497. The summed E-state index contributed by atoms with van der Waals surface area (Å²) in [7, 11) is -7.91. The van der Waals surface area contributed by atoms with Crippen LogP contribution in [-0.4, -0.2) is 55.4 Å². The third-order valence-corrected chi connectivity index (χ3v) is 10.4. The van der Waals surface area contributed by atoms with Crippen molar-refractivity contribution in [2.24, 2.45) is 5.14 Å². The molecule has 1 aromatic carbocycles. The van der Waals surface area contributed by atoms with Crippen LogP contribution in [0.4, 0.5) is 4.79 Å². The number of amides is 1. The van der Waals surface area contributed by atoms with Crippen LogP contribution in [0.15, 0.2) is 38.8 Å². The molecule has 2 aromatic rings. The first-order chi connectivity index (χ1) is 15.3. The second kappa shape index (κ2) is 9.63. The van der Waals surface area contributed by atoms with Gasteiger partial charge in [-0.3, -0.25) is 10.4 Å². The van der Waals surface area contributed by atoms with Crippen LogP contribution in [-0.2, 0) is 31.3 Å². The molecule has 1 aliphatic heterocycles. The maximum Gasteiger partial charge on any atom is 0.415 e. The highest BCUT2D eigenvalue weighted by molar-refractivity contribution is 7.95. The molecule has 0 saturated heterocycles. The summed E-state index contributed by atoms with van der Waals surface area (Å²) in [4.78, 5) is 18.8. The Morgan fingerprint density at radius 3 is 2.61 bits per heavy atom. The van der Waals surface area contributed by atoms with E-state index in [2.05, 4.69) is 4.84 Å². The minimum Gasteiger partial charge on any atom is -0.410 e. The fourth-order valence-electron chi connectivity index (χ4n) is 3.47. The number of carbonyl (C=O) groups is 1. The van der Waals surface area contributed by atoms with Crippen molar-refractivity contribution in [3.63, 3.8) is 0 Å². The Balaban J connectivity index is 1.91. The summed E-state index contributed by atoms with van der Waals surface area (Å²) in [6.45, 7) is 3.13. The van der Waals surface area contributed by atoms with E-state index >= 15 is 0 Å². The van der Waals surface area contributed by atoms with Crippen molar-refractivity contribution in [3.05, 3.63) is 41.5 Å². The highest BCUT2D eigenvalue weighted by Gasteiger charge is 2.43. The highest BCUT2D eigenvalue weighted by Crippen LogP contribution is 2.45. The topological polar surface area (TPSA) is 177 Å². The van der Waals surface area contributed by atoms with Gasteiger partial charge in [0.15, 0.2) is 9.84 Å². The number of hydrogen-bond acceptors (Lipinski definition) is 11. The van der Waals surface area contributed by atoms with Crippen molar-refractivity contribution in [1.82, 2.24) is 10.3 Å². The number of rotatable bonds is 7. The van der Waals surface area contributed by atoms with Crippen LogP contribution in [0.2, 0.25) is 0 Å². The number of thiophene rings is 1. The molecule has 1 aromatic heterocycles. The Labute approximate surface area is 194 Å².